The first-order chi connectivity index (χ1) is 7.11. The van der Waals surface area contributed by atoms with Crippen molar-refractivity contribution >= 4 is 5.97 Å². The van der Waals surface area contributed by atoms with Crippen molar-refractivity contribution in [3.8, 4) is 0 Å². The summed E-state index contributed by atoms with van der Waals surface area (Å²) in [5.74, 6) is -0.241. The van der Waals surface area contributed by atoms with Gasteiger partial charge in [0.25, 0.3) is 0 Å². The van der Waals surface area contributed by atoms with Gasteiger partial charge in [0.2, 0.25) is 0 Å². The number of aliphatic hydroxyl groups excluding tert-OH is 1. The van der Waals surface area contributed by atoms with Gasteiger partial charge in [0.15, 0.2) is 0 Å². The van der Waals surface area contributed by atoms with Crippen molar-refractivity contribution in [3.63, 3.8) is 0 Å². The molecule has 0 aliphatic heterocycles. The average Bonchev–Trinajstić information content (AvgIpc) is 2.23. The van der Waals surface area contributed by atoms with Crippen molar-refractivity contribution in [2.45, 2.75) is 58.5 Å². The molecule has 0 aliphatic carbocycles. The third-order valence-electron chi connectivity index (χ3n) is 2.73. The van der Waals surface area contributed by atoms with Crippen molar-refractivity contribution in [2.75, 3.05) is 7.11 Å². The largest absolute Gasteiger partial charge is 0.469 e. The minimum absolute atomic E-state index is 0.000855. The molecule has 0 heterocycles. The van der Waals surface area contributed by atoms with E-state index in [2.05, 4.69) is 11.7 Å². The number of esters is 1. The number of aliphatic hydroxyl groups is 1. The van der Waals surface area contributed by atoms with Crippen molar-refractivity contribution < 1.29 is 14.6 Å². The third-order valence-corrected chi connectivity index (χ3v) is 2.73. The fraction of sp³-hybridized carbons (Fsp3) is 0.917. The summed E-state index contributed by atoms with van der Waals surface area (Å²) < 4.78 is 4.56. The quantitative estimate of drug-likeness (QED) is 0.501. The second-order valence-electron chi connectivity index (χ2n) is 4.17. The zero-order chi connectivity index (χ0) is 11.7. The Labute approximate surface area is 92.8 Å². The number of carbonyl (C=O) groups is 1. The molecule has 0 aromatic carbocycles. The number of hydrogen-bond acceptors (Lipinski definition) is 3. The van der Waals surface area contributed by atoms with Crippen LogP contribution in [0.2, 0.25) is 0 Å². The molecule has 15 heavy (non-hydrogen) atoms. The number of hydrogen-bond donors (Lipinski definition) is 1. The number of ether oxygens (including phenoxy) is 1. The lowest BCUT2D eigenvalue weighted by molar-refractivity contribution is -0.142. The standard InChI is InChI=1S/C12H24O3/c1-4-5-6-7-8-11(13)10(2)9-12(14)15-3/h10-11,13H,4-9H2,1-3H3. The third kappa shape index (κ3) is 7.37. The Morgan fingerprint density at radius 1 is 1.33 bits per heavy atom. The summed E-state index contributed by atoms with van der Waals surface area (Å²) >= 11 is 0. The molecular weight excluding hydrogens is 192 g/mol. The molecule has 3 nitrogen and oxygen atoms in total. The maximum atomic E-state index is 11.0. The average molecular weight is 216 g/mol. The minimum atomic E-state index is -0.374. The van der Waals surface area contributed by atoms with E-state index < -0.39 is 0 Å². The Morgan fingerprint density at radius 3 is 2.53 bits per heavy atom. The molecule has 3 heteroatoms. The fourth-order valence-electron chi connectivity index (χ4n) is 1.55. The van der Waals surface area contributed by atoms with Gasteiger partial charge in [0.05, 0.1) is 19.6 Å². The van der Waals surface area contributed by atoms with Gasteiger partial charge in [-0.15, -0.1) is 0 Å². The normalized spacial score (nSPS) is 14.7. The lowest BCUT2D eigenvalue weighted by Crippen LogP contribution is -2.21. The molecule has 2 unspecified atom stereocenters. The van der Waals surface area contributed by atoms with Gasteiger partial charge in [-0.05, 0) is 12.3 Å². The van der Waals surface area contributed by atoms with Gasteiger partial charge in [-0.3, -0.25) is 4.79 Å². The Bertz CT molecular complexity index is 168. The van der Waals surface area contributed by atoms with Gasteiger partial charge in [-0.25, -0.2) is 0 Å². The molecular formula is C12H24O3. The maximum absolute atomic E-state index is 11.0. The van der Waals surface area contributed by atoms with Crippen LogP contribution in [0.1, 0.15) is 52.4 Å². The number of methoxy groups -OCH3 is 1. The molecule has 0 aromatic heterocycles. The van der Waals surface area contributed by atoms with Crippen molar-refractivity contribution in [1.82, 2.24) is 0 Å². The molecule has 0 saturated carbocycles. The van der Waals surface area contributed by atoms with E-state index in [1.165, 1.54) is 26.4 Å². The summed E-state index contributed by atoms with van der Waals surface area (Å²) in [5.41, 5.74) is 0. The SMILES string of the molecule is CCCCCCC(O)C(C)CC(=O)OC. The van der Waals surface area contributed by atoms with Gasteiger partial charge in [0.1, 0.15) is 0 Å². The first-order valence-electron chi connectivity index (χ1n) is 5.86. The summed E-state index contributed by atoms with van der Waals surface area (Å²) in [6.45, 7) is 4.05. The van der Waals surface area contributed by atoms with Gasteiger partial charge in [0, 0.05) is 0 Å². The monoisotopic (exact) mass is 216 g/mol. The Balaban J connectivity index is 3.59. The van der Waals surface area contributed by atoms with Crippen LogP contribution in [0.25, 0.3) is 0 Å². The molecule has 0 bridgehead atoms. The van der Waals surface area contributed by atoms with E-state index in [1.54, 1.807) is 0 Å². The predicted molar refractivity (Wildman–Crippen MR) is 60.6 cm³/mol. The van der Waals surface area contributed by atoms with Gasteiger partial charge in [-0.2, -0.15) is 0 Å². The second-order valence-corrected chi connectivity index (χ2v) is 4.17. The highest BCUT2D eigenvalue weighted by atomic mass is 16.5. The Hall–Kier alpha value is -0.570. The minimum Gasteiger partial charge on any atom is -0.469 e. The summed E-state index contributed by atoms with van der Waals surface area (Å²) in [4.78, 5) is 11.0. The van der Waals surface area contributed by atoms with Crippen molar-refractivity contribution in [2.24, 2.45) is 5.92 Å². The highest BCUT2D eigenvalue weighted by Crippen LogP contribution is 2.15. The zero-order valence-electron chi connectivity index (χ0n) is 10.2. The highest BCUT2D eigenvalue weighted by molar-refractivity contribution is 5.69. The van der Waals surface area contributed by atoms with Crippen molar-refractivity contribution in [3.05, 3.63) is 0 Å². The number of carbonyl (C=O) groups excluding carboxylic acids is 1. The van der Waals surface area contributed by atoms with E-state index in [4.69, 9.17) is 0 Å². The molecule has 0 aliphatic rings. The van der Waals surface area contributed by atoms with E-state index >= 15 is 0 Å². The topological polar surface area (TPSA) is 46.5 Å². The van der Waals surface area contributed by atoms with E-state index in [-0.39, 0.29) is 18.0 Å². The van der Waals surface area contributed by atoms with Crippen LogP contribution >= 0.6 is 0 Å². The molecule has 1 N–H and O–H groups in total. The second kappa shape index (κ2) is 8.72. The van der Waals surface area contributed by atoms with Crippen LogP contribution < -0.4 is 0 Å². The van der Waals surface area contributed by atoms with Crippen LogP contribution in [0, 0.1) is 5.92 Å². The summed E-state index contributed by atoms with van der Waals surface area (Å²) in [6.07, 6.45) is 5.36. The highest BCUT2D eigenvalue weighted by Gasteiger charge is 2.17. The zero-order valence-corrected chi connectivity index (χ0v) is 10.2. The maximum Gasteiger partial charge on any atom is 0.305 e. The van der Waals surface area contributed by atoms with E-state index in [1.807, 2.05) is 6.92 Å². The van der Waals surface area contributed by atoms with Crippen LogP contribution in [0.3, 0.4) is 0 Å². The summed E-state index contributed by atoms with van der Waals surface area (Å²) in [7, 11) is 1.38. The van der Waals surface area contributed by atoms with Crippen LogP contribution in [-0.4, -0.2) is 24.3 Å². The lowest BCUT2D eigenvalue weighted by atomic mass is 9.96. The van der Waals surface area contributed by atoms with Gasteiger partial charge >= 0.3 is 5.97 Å². The van der Waals surface area contributed by atoms with Crippen LogP contribution in [0.4, 0.5) is 0 Å². The van der Waals surface area contributed by atoms with Crippen molar-refractivity contribution in [1.29, 1.82) is 0 Å². The lowest BCUT2D eigenvalue weighted by Gasteiger charge is -2.17. The molecule has 0 fully saturated rings. The molecule has 0 spiro atoms. The Morgan fingerprint density at radius 2 is 2.00 bits per heavy atom. The molecule has 2 atom stereocenters. The first-order valence-corrected chi connectivity index (χ1v) is 5.86. The van der Waals surface area contributed by atoms with Crippen LogP contribution in [0.15, 0.2) is 0 Å². The molecule has 0 rings (SSSR count). The van der Waals surface area contributed by atoms with Crippen LogP contribution in [-0.2, 0) is 9.53 Å². The summed E-state index contributed by atoms with van der Waals surface area (Å²) in [5, 5.41) is 9.75. The fourth-order valence-corrected chi connectivity index (χ4v) is 1.55. The predicted octanol–water partition coefficient (Wildman–Crippen LogP) is 2.52. The molecule has 0 amide bonds. The first kappa shape index (κ1) is 14.4. The van der Waals surface area contributed by atoms with E-state index in [0.29, 0.717) is 6.42 Å². The van der Waals surface area contributed by atoms with E-state index in [9.17, 15) is 9.90 Å². The molecule has 0 radical (unpaired) electrons. The van der Waals surface area contributed by atoms with E-state index in [0.717, 1.165) is 12.8 Å². The molecule has 0 aromatic rings. The smallest absolute Gasteiger partial charge is 0.305 e. The number of rotatable bonds is 8. The molecule has 90 valence electrons. The Kier molecular flexibility index (Phi) is 8.38. The van der Waals surface area contributed by atoms with Crippen LogP contribution in [0.5, 0.6) is 0 Å². The number of unbranched alkanes of at least 4 members (excludes halogenated alkanes) is 3. The summed E-state index contributed by atoms with van der Waals surface area (Å²) in [6, 6.07) is 0. The van der Waals surface area contributed by atoms with Gasteiger partial charge < -0.3 is 9.84 Å². The van der Waals surface area contributed by atoms with Gasteiger partial charge in [-0.1, -0.05) is 39.5 Å². The molecule has 0 saturated heterocycles.